The van der Waals surface area contributed by atoms with Gasteiger partial charge in [0.05, 0.1) is 6.61 Å². The predicted octanol–water partition coefficient (Wildman–Crippen LogP) is 3.41. The first-order valence-electron chi connectivity index (χ1n) is 6.88. The second-order valence-electron chi connectivity index (χ2n) is 5.39. The molecule has 1 aliphatic rings. The third-order valence-corrected chi connectivity index (χ3v) is 4.01. The minimum absolute atomic E-state index is 0.0540. The van der Waals surface area contributed by atoms with Crippen molar-refractivity contribution in [1.29, 1.82) is 0 Å². The van der Waals surface area contributed by atoms with Gasteiger partial charge in [-0.3, -0.25) is 0 Å². The number of hydrogen-bond donors (Lipinski definition) is 2. The summed E-state index contributed by atoms with van der Waals surface area (Å²) in [6, 6.07) is 6.38. The third kappa shape index (κ3) is 3.74. The van der Waals surface area contributed by atoms with Gasteiger partial charge in [-0.1, -0.05) is 43.5 Å². The lowest BCUT2D eigenvalue weighted by atomic mass is 9.82. The van der Waals surface area contributed by atoms with Gasteiger partial charge in [-0.15, -0.1) is 0 Å². The number of nitrogens with one attached hydrogen (secondary N) is 1. The molecule has 0 bridgehead atoms. The van der Waals surface area contributed by atoms with Crippen LogP contribution >= 0.6 is 0 Å². The highest BCUT2D eigenvalue weighted by Gasteiger charge is 2.30. The molecular formula is C15H21F2NO. The molecule has 4 heteroatoms. The van der Waals surface area contributed by atoms with Crippen LogP contribution in [0.3, 0.4) is 0 Å². The molecule has 0 unspecified atom stereocenters. The Morgan fingerprint density at radius 1 is 1.11 bits per heavy atom. The minimum Gasteiger partial charge on any atom is -0.394 e. The van der Waals surface area contributed by atoms with E-state index < -0.39 is 6.43 Å². The Labute approximate surface area is 112 Å². The van der Waals surface area contributed by atoms with Gasteiger partial charge in [-0.2, -0.15) is 0 Å². The summed E-state index contributed by atoms with van der Waals surface area (Å²) in [4.78, 5) is 0. The Bertz CT molecular complexity index is 386. The fraction of sp³-hybridized carbons (Fsp3) is 0.600. The lowest BCUT2D eigenvalue weighted by Crippen LogP contribution is -2.49. The van der Waals surface area contributed by atoms with E-state index in [4.69, 9.17) is 0 Å². The maximum Gasteiger partial charge on any atom is 0.263 e. The van der Waals surface area contributed by atoms with Gasteiger partial charge < -0.3 is 10.4 Å². The molecule has 0 saturated heterocycles. The largest absolute Gasteiger partial charge is 0.394 e. The highest BCUT2D eigenvalue weighted by atomic mass is 19.3. The summed E-state index contributed by atoms with van der Waals surface area (Å²) in [5.74, 6) is 0. The minimum atomic E-state index is -2.41. The van der Waals surface area contributed by atoms with Gasteiger partial charge in [0.25, 0.3) is 6.43 Å². The van der Waals surface area contributed by atoms with Crippen molar-refractivity contribution >= 4 is 0 Å². The molecule has 106 valence electrons. The Morgan fingerprint density at radius 3 is 2.26 bits per heavy atom. The zero-order valence-electron chi connectivity index (χ0n) is 11.0. The van der Waals surface area contributed by atoms with Gasteiger partial charge in [0.15, 0.2) is 0 Å². The van der Waals surface area contributed by atoms with Gasteiger partial charge in [-0.25, -0.2) is 8.78 Å². The summed E-state index contributed by atoms with van der Waals surface area (Å²) in [5.41, 5.74) is 0.848. The Hall–Kier alpha value is -1.00. The lowest BCUT2D eigenvalue weighted by Gasteiger charge is -2.36. The molecule has 0 atom stereocenters. The van der Waals surface area contributed by atoms with Gasteiger partial charge in [-0.05, 0) is 18.4 Å². The van der Waals surface area contributed by atoms with Crippen molar-refractivity contribution in [3.8, 4) is 0 Å². The maximum atomic E-state index is 12.4. The SMILES string of the molecule is OCC1(NCc2ccc(C(F)F)cc2)CCCCC1. The lowest BCUT2D eigenvalue weighted by molar-refractivity contribution is 0.119. The molecule has 1 aliphatic carbocycles. The molecule has 1 fully saturated rings. The number of aliphatic hydroxyl groups excluding tert-OH is 1. The van der Waals surface area contributed by atoms with Gasteiger partial charge >= 0.3 is 0 Å². The zero-order valence-corrected chi connectivity index (χ0v) is 11.0. The van der Waals surface area contributed by atoms with Gasteiger partial charge in [0.2, 0.25) is 0 Å². The molecule has 2 rings (SSSR count). The fourth-order valence-corrected chi connectivity index (χ4v) is 2.69. The molecular weight excluding hydrogens is 248 g/mol. The molecule has 0 aliphatic heterocycles. The third-order valence-electron chi connectivity index (χ3n) is 4.01. The van der Waals surface area contributed by atoms with E-state index in [1.54, 1.807) is 12.1 Å². The molecule has 2 nitrogen and oxygen atoms in total. The summed E-state index contributed by atoms with van der Waals surface area (Å²) in [5, 5.41) is 13.0. The first-order valence-corrected chi connectivity index (χ1v) is 6.88. The van der Waals surface area contributed by atoms with E-state index in [0.29, 0.717) is 6.54 Å². The number of halogens is 2. The highest BCUT2D eigenvalue weighted by molar-refractivity contribution is 5.23. The molecule has 1 saturated carbocycles. The smallest absolute Gasteiger partial charge is 0.263 e. The van der Waals surface area contributed by atoms with E-state index in [0.717, 1.165) is 31.2 Å². The van der Waals surface area contributed by atoms with Crippen molar-refractivity contribution in [2.75, 3.05) is 6.61 Å². The summed E-state index contributed by atoms with van der Waals surface area (Å²) in [7, 11) is 0. The second-order valence-corrected chi connectivity index (χ2v) is 5.39. The molecule has 0 aromatic heterocycles. The normalized spacial score (nSPS) is 18.7. The van der Waals surface area contributed by atoms with Gasteiger partial charge in [0.1, 0.15) is 0 Å². The fourth-order valence-electron chi connectivity index (χ4n) is 2.69. The zero-order chi connectivity index (χ0) is 13.7. The van der Waals surface area contributed by atoms with Crippen molar-refractivity contribution in [2.24, 2.45) is 0 Å². The topological polar surface area (TPSA) is 32.3 Å². The average molecular weight is 269 g/mol. The molecule has 1 aromatic rings. The van der Waals surface area contributed by atoms with Crippen LogP contribution in [0.5, 0.6) is 0 Å². The summed E-state index contributed by atoms with van der Waals surface area (Å²) in [6.45, 7) is 0.756. The summed E-state index contributed by atoms with van der Waals surface area (Å²) in [6.07, 6.45) is 3.06. The molecule has 0 radical (unpaired) electrons. The van der Waals surface area contributed by atoms with Crippen LogP contribution in [0.25, 0.3) is 0 Å². The number of benzene rings is 1. The second kappa shape index (κ2) is 6.44. The van der Waals surface area contributed by atoms with E-state index in [1.807, 2.05) is 0 Å². The van der Waals surface area contributed by atoms with Crippen molar-refractivity contribution in [1.82, 2.24) is 5.32 Å². The van der Waals surface area contributed by atoms with Crippen LogP contribution in [0, 0.1) is 0 Å². The quantitative estimate of drug-likeness (QED) is 0.858. The summed E-state index contributed by atoms with van der Waals surface area (Å²) >= 11 is 0. The highest BCUT2D eigenvalue weighted by Crippen LogP contribution is 2.28. The van der Waals surface area contributed by atoms with Crippen LogP contribution in [0.1, 0.15) is 49.7 Å². The molecule has 0 amide bonds. The number of aliphatic hydroxyl groups is 1. The van der Waals surface area contributed by atoms with Crippen LogP contribution in [0.4, 0.5) is 8.78 Å². The number of rotatable bonds is 5. The standard InChI is InChI=1S/C15H21F2NO/c16-14(17)13-6-4-12(5-7-13)10-18-15(11-19)8-2-1-3-9-15/h4-7,14,18-19H,1-3,8-11H2. The van der Waals surface area contributed by atoms with Gasteiger partial charge in [0, 0.05) is 17.6 Å². The predicted molar refractivity (Wildman–Crippen MR) is 71.1 cm³/mol. The van der Waals surface area contributed by atoms with Crippen molar-refractivity contribution in [2.45, 2.75) is 50.6 Å². The van der Waals surface area contributed by atoms with Crippen molar-refractivity contribution in [3.05, 3.63) is 35.4 Å². The Morgan fingerprint density at radius 2 is 1.74 bits per heavy atom. The summed E-state index contributed by atoms with van der Waals surface area (Å²) < 4.78 is 24.9. The maximum absolute atomic E-state index is 12.4. The monoisotopic (exact) mass is 269 g/mol. The van der Waals surface area contributed by atoms with Crippen LogP contribution in [-0.4, -0.2) is 17.3 Å². The van der Waals surface area contributed by atoms with Crippen LogP contribution in [0.2, 0.25) is 0 Å². The van der Waals surface area contributed by atoms with E-state index in [-0.39, 0.29) is 17.7 Å². The number of alkyl halides is 2. The molecule has 19 heavy (non-hydrogen) atoms. The first kappa shape index (κ1) is 14.4. The van der Waals surface area contributed by atoms with E-state index >= 15 is 0 Å². The van der Waals surface area contributed by atoms with Crippen molar-refractivity contribution < 1.29 is 13.9 Å². The van der Waals surface area contributed by atoms with Crippen molar-refractivity contribution in [3.63, 3.8) is 0 Å². The molecule has 1 aromatic carbocycles. The average Bonchev–Trinajstić information content (AvgIpc) is 2.46. The molecule has 2 N–H and O–H groups in total. The van der Waals surface area contributed by atoms with E-state index in [2.05, 4.69) is 5.32 Å². The molecule has 0 spiro atoms. The van der Waals surface area contributed by atoms with Crippen LogP contribution in [0.15, 0.2) is 24.3 Å². The first-order chi connectivity index (χ1) is 9.15. The van der Waals surface area contributed by atoms with E-state index in [9.17, 15) is 13.9 Å². The molecule has 0 heterocycles. The Balaban J connectivity index is 1.93. The van der Waals surface area contributed by atoms with Crippen LogP contribution < -0.4 is 5.32 Å². The Kier molecular flexibility index (Phi) is 4.88. The van der Waals surface area contributed by atoms with Crippen LogP contribution in [-0.2, 0) is 6.54 Å². The van der Waals surface area contributed by atoms with E-state index in [1.165, 1.54) is 18.6 Å². The number of hydrogen-bond acceptors (Lipinski definition) is 2.